The van der Waals surface area contributed by atoms with E-state index in [4.69, 9.17) is 5.84 Å². The lowest BCUT2D eigenvalue weighted by molar-refractivity contribution is 0.628. The van der Waals surface area contributed by atoms with E-state index in [0.717, 1.165) is 10.6 Å². The van der Waals surface area contributed by atoms with Crippen LogP contribution in [0.4, 0.5) is 0 Å². The van der Waals surface area contributed by atoms with E-state index in [0.29, 0.717) is 0 Å². The summed E-state index contributed by atoms with van der Waals surface area (Å²) in [5.74, 6) is 5.49. The maximum Gasteiger partial charge on any atom is 0.115 e. The molecule has 0 aromatic carbocycles. The minimum absolute atomic E-state index is 0.0435. The minimum Gasteiger partial charge on any atom is -0.270 e. The molecule has 0 radical (unpaired) electrons. The van der Waals surface area contributed by atoms with Crippen LogP contribution in [0, 0.1) is 0 Å². The van der Waals surface area contributed by atoms with Gasteiger partial charge in [-0.25, -0.2) is 15.4 Å². The van der Waals surface area contributed by atoms with Crippen LogP contribution in [0.25, 0.3) is 0 Å². The Bertz CT molecular complexity index is 373. The van der Waals surface area contributed by atoms with Crippen LogP contribution < -0.4 is 11.3 Å². The molecule has 2 heterocycles. The summed E-state index contributed by atoms with van der Waals surface area (Å²) in [4.78, 5) is 9.17. The van der Waals surface area contributed by atoms with Crippen molar-refractivity contribution in [1.82, 2.24) is 15.4 Å². The number of rotatable bonds is 3. The fraction of sp³-hybridized carbons (Fsp3) is 0.111. The van der Waals surface area contributed by atoms with E-state index in [-0.39, 0.29) is 6.04 Å². The summed E-state index contributed by atoms with van der Waals surface area (Å²) < 4.78 is 0. The van der Waals surface area contributed by atoms with Crippen LogP contribution in [0.2, 0.25) is 0 Å². The first kappa shape index (κ1) is 9.26. The Kier molecular flexibility index (Phi) is 2.83. The fourth-order valence-corrected chi connectivity index (χ4v) is 2.04. The summed E-state index contributed by atoms with van der Waals surface area (Å²) in [5, 5.41) is 2.01. The molecule has 5 heteroatoms. The van der Waals surface area contributed by atoms with Crippen molar-refractivity contribution < 1.29 is 0 Å². The Morgan fingerprint density at radius 2 is 2.36 bits per heavy atom. The van der Waals surface area contributed by atoms with Crippen molar-refractivity contribution in [3.8, 4) is 0 Å². The Labute approximate surface area is 85.8 Å². The highest BCUT2D eigenvalue weighted by Gasteiger charge is 2.13. The standard InChI is InChI=1S/C9H10N4S/c10-13-9(8-2-1-5-14-8)7-3-4-11-6-12-7/h1-6,9,13H,10H2. The van der Waals surface area contributed by atoms with Crippen molar-refractivity contribution >= 4 is 11.3 Å². The van der Waals surface area contributed by atoms with Crippen molar-refractivity contribution in [2.75, 3.05) is 0 Å². The number of nitrogens with zero attached hydrogens (tertiary/aromatic N) is 2. The van der Waals surface area contributed by atoms with E-state index in [1.54, 1.807) is 17.5 Å². The van der Waals surface area contributed by atoms with Gasteiger partial charge in [-0.2, -0.15) is 0 Å². The van der Waals surface area contributed by atoms with Gasteiger partial charge in [-0.15, -0.1) is 11.3 Å². The highest BCUT2D eigenvalue weighted by Crippen LogP contribution is 2.22. The van der Waals surface area contributed by atoms with E-state index in [9.17, 15) is 0 Å². The van der Waals surface area contributed by atoms with Gasteiger partial charge in [0.2, 0.25) is 0 Å². The topological polar surface area (TPSA) is 63.8 Å². The molecule has 0 saturated carbocycles. The number of nitrogens with two attached hydrogens (primary N) is 1. The third kappa shape index (κ3) is 1.79. The van der Waals surface area contributed by atoms with Crippen LogP contribution in [0.15, 0.2) is 36.1 Å². The third-order valence-corrected chi connectivity index (χ3v) is 2.83. The number of hydrogen-bond donors (Lipinski definition) is 2. The summed E-state index contributed by atoms with van der Waals surface area (Å²) in [7, 11) is 0. The lowest BCUT2D eigenvalue weighted by Gasteiger charge is -2.12. The van der Waals surface area contributed by atoms with Gasteiger partial charge in [0.15, 0.2) is 0 Å². The second kappa shape index (κ2) is 4.28. The second-order valence-corrected chi connectivity index (χ2v) is 3.73. The lowest BCUT2D eigenvalue weighted by Crippen LogP contribution is -2.28. The summed E-state index contributed by atoms with van der Waals surface area (Å²) in [6.07, 6.45) is 3.23. The van der Waals surface area contributed by atoms with E-state index in [2.05, 4.69) is 15.4 Å². The molecule has 0 fully saturated rings. The van der Waals surface area contributed by atoms with Crippen LogP contribution >= 0.6 is 11.3 Å². The van der Waals surface area contributed by atoms with Gasteiger partial charge in [-0.1, -0.05) is 6.07 Å². The zero-order valence-corrected chi connectivity index (χ0v) is 8.24. The quantitative estimate of drug-likeness (QED) is 0.583. The smallest absolute Gasteiger partial charge is 0.115 e. The van der Waals surface area contributed by atoms with Gasteiger partial charge in [-0.3, -0.25) is 5.84 Å². The monoisotopic (exact) mass is 206 g/mol. The van der Waals surface area contributed by atoms with Crippen LogP contribution in [0.3, 0.4) is 0 Å². The molecule has 0 aliphatic rings. The average Bonchev–Trinajstić information content (AvgIpc) is 2.74. The maximum absolute atomic E-state index is 5.49. The van der Waals surface area contributed by atoms with E-state index in [1.807, 2.05) is 23.6 Å². The molecule has 0 aliphatic carbocycles. The Morgan fingerprint density at radius 3 is 2.93 bits per heavy atom. The van der Waals surface area contributed by atoms with E-state index >= 15 is 0 Å². The molecule has 2 aromatic heterocycles. The first-order chi connectivity index (χ1) is 6.92. The number of aromatic nitrogens is 2. The first-order valence-corrected chi connectivity index (χ1v) is 5.05. The highest BCUT2D eigenvalue weighted by molar-refractivity contribution is 7.10. The molecule has 0 aliphatic heterocycles. The zero-order valence-electron chi connectivity index (χ0n) is 7.42. The molecule has 1 atom stereocenters. The molecule has 2 rings (SSSR count). The van der Waals surface area contributed by atoms with Crippen LogP contribution in [-0.4, -0.2) is 9.97 Å². The van der Waals surface area contributed by atoms with Gasteiger partial charge < -0.3 is 0 Å². The number of hydrazine groups is 1. The molecule has 72 valence electrons. The van der Waals surface area contributed by atoms with Crippen LogP contribution in [0.5, 0.6) is 0 Å². The zero-order chi connectivity index (χ0) is 9.80. The van der Waals surface area contributed by atoms with Gasteiger partial charge >= 0.3 is 0 Å². The summed E-state index contributed by atoms with van der Waals surface area (Å²) in [5.41, 5.74) is 3.62. The molecule has 14 heavy (non-hydrogen) atoms. The molecular weight excluding hydrogens is 196 g/mol. The lowest BCUT2D eigenvalue weighted by atomic mass is 10.2. The molecule has 0 spiro atoms. The van der Waals surface area contributed by atoms with Gasteiger partial charge in [0, 0.05) is 11.1 Å². The van der Waals surface area contributed by atoms with Crippen molar-refractivity contribution in [2.45, 2.75) is 6.04 Å². The highest BCUT2D eigenvalue weighted by atomic mass is 32.1. The van der Waals surface area contributed by atoms with Gasteiger partial charge in [0.05, 0.1) is 11.7 Å². The van der Waals surface area contributed by atoms with Crippen molar-refractivity contribution in [3.63, 3.8) is 0 Å². The second-order valence-electron chi connectivity index (χ2n) is 2.75. The minimum atomic E-state index is -0.0435. The largest absolute Gasteiger partial charge is 0.270 e. The summed E-state index contributed by atoms with van der Waals surface area (Å²) in [6, 6.07) is 5.82. The summed E-state index contributed by atoms with van der Waals surface area (Å²) >= 11 is 1.65. The predicted octanol–water partition coefficient (Wildman–Crippen LogP) is 1.09. The number of hydrogen-bond acceptors (Lipinski definition) is 5. The summed E-state index contributed by atoms with van der Waals surface area (Å²) in [6.45, 7) is 0. The molecule has 2 aromatic rings. The Balaban J connectivity index is 2.31. The normalized spacial score (nSPS) is 12.6. The van der Waals surface area contributed by atoms with Gasteiger partial charge in [-0.05, 0) is 17.5 Å². The van der Waals surface area contributed by atoms with E-state index < -0.39 is 0 Å². The molecule has 3 N–H and O–H groups in total. The SMILES string of the molecule is NNC(c1ccncn1)c1cccs1. The molecule has 1 unspecified atom stereocenters. The molecular formula is C9H10N4S. The van der Waals surface area contributed by atoms with Crippen LogP contribution in [0.1, 0.15) is 16.6 Å². The van der Waals surface area contributed by atoms with Gasteiger partial charge in [0.1, 0.15) is 6.33 Å². The molecule has 4 nitrogen and oxygen atoms in total. The fourth-order valence-electron chi connectivity index (χ4n) is 1.24. The average molecular weight is 206 g/mol. The van der Waals surface area contributed by atoms with Crippen LogP contribution in [-0.2, 0) is 0 Å². The molecule has 0 saturated heterocycles. The van der Waals surface area contributed by atoms with Crippen molar-refractivity contribution in [1.29, 1.82) is 0 Å². The van der Waals surface area contributed by atoms with Crippen molar-refractivity contribution in [2.24, 2.45) is 5.84 Å². The van der Waals surface area contributed by atoms with Gasteiger partial charge in [0.25, 0.3) is 0 Å². The maximum atomic E-state index is 5.49. The molecule has 0 bridgehead atoms. The Hall–Kier alpha value is -1.30. The van der Waals surface area contributed by atoms with E-state index in [1.165, 1.54) is 6.33 Å². The first-order valence-electron chi connectivity index (χ1n) is 4.17. The molecule has 0 amide bonds. The predicted molar refractivity (Wildman–Crippen MR) is 55.5 cm³/mol. The third-order valence-electron chi connectivity index (χ3n) is 1.89. The van der Waals surface area contributed by atoms with Crippen molar-refractivity contribution in [3.05, 3.63) is 46.7 Å². The Morgan fingerprint density at radius 1 is 1.43 bits per heavy atom. The number of thiophene rings is 1. The number of nitrogens with one attached hydrogen (secondary N) is 1.